The van der Waals surface area contributed by atoms with Gasteiger partial charge in [-0.25, -0.2) is 9.78 Å². The van der Waals surface area contributed by atoms with Crippen LogP contribution in [-0.2, 0) is 13.6 Å². The Balaban J connectivity index is 1.97. The fourth-order valence-electron chi connectivity index (χ4n) is 2.73. The maximum absolute atomic E-state index is 12.6. The Morgan fingerprint density at radius 3 is 2.67 bits per heavy atom. The van der Waals surface area contributed by atoms with E-state index in [1.54, 1.807) is 20.0 Å². The normalized spacial score (nSPS) is 11.0. The Kier molecular flexibility index (Phi) is 4.15. The molecular formula is C17H17ClN4O2. The average molecular weight is 345 g/mol. The third-order valence-electron chi connectivity index (χ3n) is 4.06. The number of hydrogen-bond donors (Lipinski definition) is 1. The molecule has 124 valence electrons. The second-order valence-corrected chi connectivity index (χ2v) is 6.07. The summed E-state index contributed by atoms with van der Waals surface area (Å²) in [7, 11) is 1.61. The van der Waals surface area contributed by atoms with Crippen LogP contribution in [0, 0.1) is 13.8 Å². The van der Waals surface area contributed by atoms with E-state index in [2.05, 4.69) is 10.3 Å². The lowest BCUT2D eigenvalue weighted by molar-refractivity contribution is 0.235. The summed E-state index contributed by atoms with van der Waals surface area (Å²) in [5.74, 6) is 0. The van der Waals surface area contributed by atoms with Crippen LogP contribution in [-0.4, -0.2) is 20.4 Å². The summed E-state index contributed by atoms with van der Waals surface area (Å²) >= 11 is 5.96. The fraction of sp³-hybridized carbons (Fsp3) is 0.235. The zero-order valence-electron chi connectivity index (χ0n) is 13.6. The number of carbonyl (C=O) groups excluding carboxylic acids is 1. The summed E-state index contributed by atoms with van der Waals surface area (Å²) in [6.45, 7) is 4.08. The number of amides is 1. The molecule has 0 saturated heterocycles. The number of hydrogen-bond acceptors (Lipinski definition) is 3. The molecule has 24 heavy (non-hydrogen) atoms. The minimum atomic E-state index is -0.501. The molecule has 1 amide bonds. The largest absolute Gasteiger partial charge is 0.344 e. The van der Waals surface area contributed by atoms with Crippen LogP contribution in [0.4, 0.5) is 4.79 Å². The Morgan fingerprint density at radius 2 is 1.96 bits per heavy atom. The number of carbonyl (C=O) groups is 1. The van der Waals surface area contributed by atoms with Gasteiger partial charge in [0.1, 0.15) is 5.15 Å². The van der Waals surface area contributed by atoms with Gasteiger partial charge in [-0.1, -0.05) is 35.9 Å². The smallest absolute Gasteiger partial charge is 0.332 e. The molecule has 0 unspecified atom stereocenters. The summed E-state index contributed by atoms with van der Waals surface area (Å²) in [5, 5.41) is 3.46. The van der Waals surface area contributed by atoms with E-state index >= 15 is 0 Å². The summed E-state index contributed by atoms with van der Waals surface area (Å²) in [6.07, 6.45) is 0. The lowest BCUT2D eigenvalue weighted by atomic mass is 10.1. The molecule has 0 fully saturated rings. The second kappa shape index (κ2) is 6.13. The number of benzene rings is 1. The van der Waals surface area contributed by atoms with Crippen LogP contribution in [0.2, 0.25) is 5.15 Å². The number of rotatable bonds is 2. The number of aromatic nitrogens is 3. The summed E-state index contributed by atoms with van der Waals surface area (Å²) in [4.78, 5) is 29.3. The Labute approximate surface area is 143 Å². The van der Waals surface area contributed by atoms with Crippen molar-refractivity contribution in [3.8, 4) is 0 Å². The van der Waals surface area contributed by atoms with Crippen LogP contribution in [0.1, 0.15) is 16.7 Å². The number of halogens is 1. The van der Waals surface area contributed by atoms with Crippen molar-refractivity contribution in [2.24, 2.45) is 7.05 Å². The van der Waals surface area contributed by atoms with Gasteiger partial charge in [-0.05, 0) is 36.6 Å². The van der Waals surface area contributed by atoms with Crippen LogP contribution >= 0.6 is 11.6 Å². The molecular weight excluding hydrogens is 328 g/mol. The van der Waals surface area contributed by atoms with Gasteiger partial charge >= 0.3 is 6.03 Å². The molecule has 1 aromatic carbocycles. The van der Waals surface area contributed by atoms with E-state index in [0.717, 1.165) is 15.8 Å². The molecule has 0 aliphatic rings. The molecule has 0 spiro atoms. The Bertz CT molecular complexity index is 1000. The molecule has 0 atom stereocenters. The van der Waals surface area contributed by atoms with E-state index in [1.807, 2.05) is 31.2 Å². The SMILES string of the molecule is Cc1ccccc1CNC(=O)n1c(=O)c2c(C)cc(Cl)nc2n1C. The van der Waals surface area contributed by atoms with Crippen molar-refractivity contribution in [1.82, 2.24) is 19.7 Å². The van der Waals surface area contributed by atoms with Crippen molar-refractivity contribution in [2.45, 2.75) is 20.4 Å². The highest BCUT2D eigenvalue weighted by molar-refractivity contribution is 6.29. The van der Waals surface area contributed by atoms with Gasteiger partial charge in [0.15, 0.2) is 5.65 Å². The van der Waals surface area contributed by atoms with E-state index < -0.39 is 11.6 Å². The lowest BCUT2D eigenvalue weighted by Crippen LogP contribution is -2.37. The summed E-state index contributed by atoms with van der Waals surface area (Å²) in [5.41, 5.74) is 2.74. The third-order valence-corrected chi connectivity index (χ3v) is 4.26. The highest BCUT2D eigenvalue weighted by atomic mass is 35.5. The molecule has 3 rings (SSSR count). The molecule has 2 aromatic heterocycles. The van der Waals surface area contributed by atoms with Gasteiger partial charge in [0.25, 0.3) is 5.56 Å². The number of aryl methyl sites for hydroxylation is 3. The van der Waals surface area contributed by atoms with Gasteiger partial charge in [0, 0.05) is 13.6 Å². The van der Waals surface area contributed by atoms with Gasteiger partial charge in [-0.15, -0.1) is 0 Å². The predicted molar refractivity (Wildman–Crippen MR) is 93.5 cm³/mol. The summed E-state index contributed by atoms with van der Waals surface area (Å²) < 4.78 is 2.46. The average Bonchev–Trinajstić information content (AvgIpc) is 2.77. The first kappa shape index (κ1) is 16.3. The standard InChI is InChI=1S/C17H17ClN4O2/c1-10-6-4-5-7-12(10)9-19-17(24)22-16(23)14-11(2)8-13(18)20-15(14)21(22)3/h4-8H,9H2,1-3H3,(H,19,24). The number of nitrogens with zero attached hydrogens (tertiary/aromatic N) is 3. The van der Waals surface area contributed by atoms with Gasteiger partial charge in [0.05, 0.1) is 5.39 Å². The Hall–Kier alpha value is -2.60. The number of pyridine rings is 1. The van der Waals surface area contributed by atoms with Gasteiger partial charge in [-0.2, -0.15) is 4.68 Å². The molecule has 0 aliphatic carbocycles. The lowest BCUT2D eigenvalue weighted by Gasteiger charge is -2.09. The predicted octanol–water partition coefficient (Wildman–Crippen LogP) is 2.76. The first-order valence-electron chi connectivity index (χ1n) is 7.47. The topological polar surface area (TPSA) is 68.9 Å². The van der Waals surface area contributed by atoms with E-state index in [0.29, 0.717) is 23.1 Å². The van der Waals surface area contributed by atoms with Crippen LogP contribution in [0.5, 0.6) is 0 Å². The first-order chi connectivity index (χ1) is 11.4. The molecule has 0 aliphatic heterocycles. The van der Waals surface area contributed by atoms with Crippen molar-refractivity contribution in [2.75, 3.05) is 0 Å². The van der Waals surface area contributed by atoms with Gasteiger partial charge in [-0.3, -0.25) is 9.48 Å². The molecule has 2 heterocycles. The van der Waals surface area contributed by atoms with Crippen LogP contribution in [0.15, 0.2) is 35.1 Å². The maximum atomic E-state index is 12.6. The maximum Gasteiger partial charge on any atom is 0.344 e. The second-order valence-electron chi connectivity index (χ2n) is 5.69. The Morgan fingerprint density at radius 1 is 1.25 bits per heavy atom. The van der Waals surface area contributed by atoms with E-state index in [1.165, 1.54) is 4.68 Å². The van der Waals surface area contributed by atoms with E-state index in [9.17, 15) is 9.59 Å². The zero-order chi connectivity index (χ0) is 17.4. The quantitative estimate of drug-likeness (QED) is 0.727. The van der Waals surface area contributed by atoms with Crippen LogP contribution in [0.3, 0.4) is 0 Å². The minimum Gasteiger partial charge on any atom is -0.332 e. The molecule has 0 bridgehead atoms. The first-order valence-corrected chi connectivity index (χ1v) is 7.85. The third kappa shape index (κ3) is 2.69. The molecule has 0 radical (unpaired) electrons. The van der Waals surface area contributed by atoms with Gasteiger partial charge < -0.3 is 5.32 Å². The molecule has 7 heteroatoms. The highest BCUT2D eigenvalue weighted by Gasteiger charge is 2.19. The van der Waals surface area contributed by atoms with Gasteiger partial charge in [0.2, 0.25) is 0 Å². The highest BCUT2D eigenvalue weighted by Crippen LogP contribution is 2.17. The van der Waals surface area contributed by atoms with E-state index in [4.69, 9.17) is 11.6 Å². The number of fused-ring (bicyclic) bond motifs is 1. The molecule has 0 saturated carbocycles. The molecule has 6 nitrogen and oxygen atoms in total. The fourth-order valence-corrected chi connectivity index (χ4v) is 2.98. The zero-order valence-corrected chi connectivity index (χ0v) is 14.4. The monoisotopic (exact) mass is 344 g/mol. The van der Waals surface area contributed by atoms with Crippen molar-refractivity contribution in [3.05, 3.63) is 62.5 Å². The van der Waals surface area contributed by atoms with Crippen molar-refractivity contribution >= 4 is 28.7 Å². The summed E-state index contributed by atoms with van der Waals surface area (Å²) in [6, 6.07) is 8.87. The van der Waals surface area contributed by atoms with Crippen molar-refractivity contribution < 1.29 is 4.79 Å². The van der Waals surface area contributed by atoms with Crippen molar-refractivity contribution in [1.29, 1.82) is 0 Å². The minimum absolute atomic E-state index is 0.285. The van der Waals surface area contributed by atoms with Crippen molar-refractivity contribution in [3.63, 3.8) is 0 Å². The molecule has 3 aromatic rings. The number of nitrogens with one attached hydrogen (secondary N) is 1. The van der Waals surface area contributed by atoms with E-state index in [-0.39, 0.29) is 5.15 Å². The van der Waals surface area contributed by atoms with Crippen LogP contribution < -0.4 is 10.9 Å². The van der Waals surface area contributed by atoms with Crippen LogP contribution in [0.25, 0.3) is 11.0 Å². The molecule has 1 N–H and O–H groups in total.